The number of nitrogens with one attached hydrogen (secondary N) is 1. The molecule has 3 aromatic rings. The number of benzene rings is 1. The zero-order valence-corrected chi connectivity index (χ0v) is 18.1. The second kappa shape index (κ2) is 10.7. The number of anilines is 2. The van der Waals surface area contributed by atoms with Crippen molar-refractivity contribution in [3.8, 4) is 5.75 Å². The maximum absolute atomic E-state index is 12.8. The number of hydrogen-bond acceptors (Lipinski definition) is 7. The lowest BCUT2D eigenvalue weighted by molar-refractivity contribution is -0.139. The van der Waals surface area contributed by atoms with E-state index in [1.54, 1.807) is 24.8 Å². The third-order valence-electron chi connectivity index (χ3n) is 5.23. The molecule has 1 atom stereocenters. The minimum absolute atomic E-state index is 0.133. The highest BCUT2D eigenvalue weighted by atomic mass is 16.5. The van der Waals surface area contributed by atoms with Crippen LogP contribution in [-0.4, -0.2) is 52.1 Å². The van der Waals surface area contributed by atoms with Crippen LogP contribution in [0.1, 0.15) is 30.7 Å². The van der Waals surface area contributed by atoms with E-state index < -0.39 is 0 Å². The van der Waals surface area contributed by atoms with E-state index in [4.69, 9.17) is 9.47 Å². The molecule has 166 valence electrons. The normalized spacial score (nSPS) is 15.9. The maximum Gasteiger partial charge on any atom is 0.223 e. The van der Waals surface area contributed by atoms with Gasteiger partial charge in [0.25, 0.3) is 0 Å². The van der Waals surface area contributed by atoms with Crippen molar-refractivity contribution in [2.24, 2.45) is 0 Å². The average molecular weight is 434 g/mol. The Bertz CT molecular complexity index is 996. The Morgan fingerprint density at radius 1 is 1.16 bits per heavy atom. The fraction of sp³-hybridized carbons (Fsp3) is 0.333. The van der Waals surface area contributed by atoms with Crippen molar-refractivity contribution < 1.29 is 14.3 Å². The number of ether oxygens (including phenoxy) is 2. The van der Waals surface area contributed by atoms with E-state index >= 15 is 0 Å². The highest BCUT2D eigenvalue weighted by Crippen LogP contribution is 2.23. The van der Waals surface area contributed by atoms with Crippen molar-refractivity contribution in [3.05, 3.63) is 72.4 Å². The highest BCUT2D eigenvalue weighted by molar-refractivity contribution is 5.76. The number of pyridine rings is 1. The lowest BCUT2D eigenvalue weighted by atomic mass is 10.1. The number of hydrogen-bond donors (Lipinski definition) is 1. The molecule has 0 radical (unpaired) electrons. The summed E-state index contributed by atoms with van der Waals surface area (Å²) in [5.41, 5.74) is 2.74. The predicted molar refractivity (Wildman–Crippen MR) is 121 cm³/mol. The largest absolute Gasteiger partial charge is 0.494 e. The Morgan fingerprint density at radius 2 is 2.03 bits per heavy atom. The Kier molecular flexibility index (Phi) is 7.24. The second-order valence-electron chi connectivity index (χ2n) is 7.46. The van der Waals surface area contributed by atoms with Crippen molar-refractivity contribution in [2.75, 3.05) is 31.6 Å². The molecule has 1 amide bonds. The van der Waals surface area contributed by atoms with Crippen LogP contribution in [-0.2, 0) is 16.0 Å². The number of carbonyl (C=O) groups excluding carboxylic acids is 1. The summed E-state index contributed by atoms with van der Waals surface area (Å²) in [5.74, 6) is 1.64. The Labute approximate surface area is 187 Å². The third-order valence-corrected chi connectivity index (χ3v) is 5.23. The molecular formula is C24H27N5O3. The fourth-order valence-electron chi connectivity index (χ4n) is 3.56. The van der Waals surface area contributed by atoms with Crippen LogP contribution in [0, 0.1) is 0 Å². The Hall–Kier alpha value is -3.52. The molecule has 2 aromatic heterocycles. The van der Waals surface area contributed by atoms with E-state index in [0.29, 0.717) is 45.0 Å². The molecule has 1 N–H and O–H groups in total. The molecule has 0 saturated carbocycles. The van der Waals surface area contributed by atoms with Gasteiger partial charge in [-0.15, -0.1) is 0 Å². The van der Waals surface area contributed by atoms with E-state index in [9.17, 15) is 4.79 Å². The molecule has 0 aliphatic carbocycles. The molecule has 1 aliphatic heterocycles. The zero-order chi connectivity index (χ0) is 22.2. The first-order valence-electron chi connectivity index (χ1n) is 10.8. The number of rotatable bonds is 8. The number of amides is 1. The SMILES string of the molecule is CCOc1ccc(CCC(=O)N2CCO[C@@H](c3ccc(Nc4cnccn4)cn3)C2)cc1. The molecule has 4 rings (SSSR count). The Morgan fingerprint density at radius 3 is 2.75 bits per heavy atom. The summed E-state index contributed by atoms with van der Waals surface area (Å²) < 4.78 is 11.4. The summed E-state index contributed by atoms with van der Waals surface area (Å²) in [6, 6.07) is 11.8. The first-order valence-corrected chi connectivity index (χ1v) is 10.8. The van der Waals surface area contributed by atoms with Crippen molar-refractivity contribution in [1.29, 1.82) is 0 Å². The number of carbonyl (C=O) groups is 1. The summed E-state index contributed by atoms with van der Waals surface area (Å²) in [6.07, 6.45) is 7.57. The van der Waals surface area contributed by atoms with E-state index in [1.807, 2.05) is 48.2 Å². The van der Waals surface area contributed by atoms with Crippen molar-refractivity contribution >= 4 is 17.4 Å². The second-order valence-corrected chi connectivity index (χ2v) is 7.46. The van der Waals surface area contributed by atoms with E-state index in [0.717, 1.165) is 22.7 Å². The van der Waals surface area contributed by atoms with Crippen LogP contribution in [0.4, 0.5) is 11.5 Å². The molecule has 1 aromatic carbocycles. The standard InChI is InChI=1S/C24H27N5O3/c1-2-31-20-7-3-18(4-8-20)5-10-24(30)29-13-14-32-22(17-29)21-9-6-19(15-27-21)28-23-16-25-11-12-26-23/h3-4,6-9,11-12,15-16,22H,2,5,10,13-14,17H2,1H3,(H,26,28)/t22-/m1/s1. The summed E-state index contributed by atoms with van der Waals surface area (Å²) >= 11 is 0. The summed E-state index contributed by atoms with van der Waals surface area (Å²) in [7, 11) is 0. The monoisotopic (exact) mass is 433 g/mol. The quantitative estimate of drug-likeness (QED) is 0.581. The van der Waals surface area contributed by atoms with Crippen LogP contribution < -0.4 is 10.1 Å². The molecule has 8 nitrogen and oxygen atoms in total. The lowest BCUT2D eigenvalue weighted by Crippen LogP contribution is -2.42. The van der Waals surface area contributed by atoms with Crippen molar-refractivity contribution in [3.63, 3.8) is 0 Å². The van der Waals surface area contributed by atoms with Gasteiger partial charge in [0.1, 0.15) is 17.7 Å². The van der Waals surface area contributed by atoms with Gasteiger partial charge in [-0.25, -0.2) is 4.98 Å². The topological polar surface area (TPSA) is 89.5 Å². The lowest BCUT2D eigenvalue weighted by Gasteiger charge is -2.32. The van der Waals surface area contributed by atoms with Crippen LogP contribution in [0.3, 0.4) is 0 Å². The van der Waals surface area contributed by atoms with Crippen LogP contribution in [0.5, 0.6) is 5.75 Å². The van der Waals surface area contributed by atoms with Gasteiger partial charge in [-0.05, 0) is 43.2 Å². The minimum Gasteiger partial charge on any atom is -0.494 e. The maximum atomic E-state index is 12.8. The van der Waals surface area contributed by atoms with E-state index in [2.05, 4.69) is 20.3 Å². The number of aromatic nitrogens is 3. The summed E-state index contributed by atoms with van der Waals surface area (Å²) in [5, 5.41) is 3.15. The van der Waals surface area contributed by atoms with Gasteiger partial charge in [-0.3, -0.25) is 14.8 Å². The van der Waals surface area contributed by atoms with E-state index in [-0.39, 0.29) is 12.0 Å². The van der Waals surface area contributed by atoms with Gasteiger partial charge in [-0.2, -0.15) is 0 Å². The summed E-state index contributed by atoms with van der Waals surface area (Å²) in [6.45, 7) is 4.21. The first kappa shape index (κ1) is 21.7. The van der Waals surface area contributed by atoms with E-state index in [1.165, 1.54) is 0 Å². The van der Waals surface area contributed by atoms with Crippen LogP contribution in [0.25, 0.3) is 0 Å². The zero-order valence-electron chi connectivity index (χ0n) is 18.1. The fourth-order valence-corrected chi connectivity index (χ4v) is 3.56. The van der Waals surface area contributed by atoms with Crippen LogP contribution in [0.2, 0.25) is 0 Å². The predicted octanol–water partition coefficient (Wildman–Crippen LogP) is 3.55. The van der Waals surface area contributed by atoms with Crippen molar-refractivity contribution in [2.45, 2.75) is 25.9 Å². The van der Waals surface area contributed by atoms with Gasteiger partial charge in [0, 0.05) is 25.4 Å². The number of aryl methyl sites for hydroxylation is 1. The molecule has 0 bridgehead atoms. The molecule has 3 heterocycles. The number of nitrogens with zero attached hydrogens (tertiary/aromatic N) is 4. The smallest absolute Gasteiger partial charge is 0.223 e. The molecule has 1 saturated heterocycles. The van der Waals surface area contributed by atoms with Gasteiger partial charge in [0.2, 0.25) is 5.91 Å². The molecule has 8 heteroatoms. The summed E-state index contributed by atoms with van der Waals surface area (Å²) in [4.78, 5) is 27.4. The first-order chi connectivity index (χ1) is 15.7. The van der Waals surface area contributed by atoms with Gasteiger partial charge in [0.05, 0.1) is 43.5 Å². The van der Waals surface area contributed by atoms with Crippen LogP contribution >= 0.6 is 0 Å². The van der Waals surface area contributed by atoms with Crippen LogP contribution in [0.15, 0.2) is 61.2 Å². The van der Waals surface area contributed by atoms with Gasteiger partial charge in [-0.1, -0.05) is 12.1 Å². The Balaban J connectivity index is 1.30. The third kappa shape index (κ3) is 5.79. The van der Waals surface area contributed by atoms with Crippen molar-refractivity contribution in [1.82, 2.24) is 19.9 Å². The molecule has 32 heavy (non-hydrogen) atoms. The molecule has 0 unspecified atom stereocenters. The average Bonchev–Trinajstić information content (AvgIpc) is 2.85. The minimum atomic E-state index is -0.233. The number of morpholine rings is 1. The van der Waals surface area contributed by atoms with Gasteiger partial charge < -0.3 is 19.7 Å². The highest BCUT2D eigenvalue weighted by Gasteiger charge is 2.26. The molecular weight excluding hydrogens is 406 g/mol. The molecule has 1 aliphatic rings. The van der Waals surface area contributed by atoms with Gasteiger partial charge in [0.15, 0.2) is 0 Å². The van der Waals surface area contributed by atoms with Gasteiger partial charge >= 0.3 is 0 Å². The molecule has 1 fully saturated rings. The molecule has 0 spiro atoms.